The Morgan fingerprint density at radius 2 is 2.00 bits per heavy atom. The Balaban J connectivity index is 1.74. The summed E-state index contributed by atoms with van der Waals surface area (Å²) in [5.41, 5.74) is 0.605. The number of nitrogens with one attached hydrogen (secondary N) is 1. The number of benzene rings is 1. The maximum atomic E-state index is 12.4. The molecule has 1 saturated heterocycles. The predicted molar refractivity (Wildman–Crippen MR) is 102 cm³/mol. The zero-order valence-electron chi connectivity index (χ0n) is 14.0. The number of aromatic nitrogens is 2. The molecular weight excluding hydrogens is 359 g/mol. The van der Waals surface area contributed by atoms with E-state index in [1.54, 1.807) is 24.4 Å². The van der Waals surface area contributed by atoms with Crippen molar-refractivity contribution in [1.82, 2.24) is 9.97 Å². The molecule has 1 N–H and O–H groups in total. The van der Waals surface area contributed by atoms with Crippen molar-refractivity contribution in [2.24, 2.45) is 0 Å². The van der Waals surface area contributed by atoms with Gasteiger partial charge in [0.2, 0.25) is 0 Å². The first-order valence-electron chi connectivity index (χ1n) is 8.44. The summed E-state index contributed by atoms with van der Waals surface area (Å²) in [5, 5.41) is 3.45. The topological polar surface area (TPSA) is 58.1 Å². The summed E-state index contributed by atoms with van der Waals surface area (Å²) in [7, 11) is 0. The average Bonchev–Trinajstić information content (AvgIpc) is 2.65. The first-order valence-corrected chi connectivity index (χ1v) is 9.19. The lowest BCUT2D eigenvalue weighted by molar-refractivity contribution is 0.102. The first-order chi connectivity index (χ1) is 12.1. The number of hydrogen-bond acceptors (Lipinski definition) is 4. The van der Waals surface area contributed by atoms with Gasteiger partial charge in [0, 0.05) is 12.6 Å². The number of hydrogen-bond donors (Lipinski definition) is 1. The number of carbonyl (C=O) groups is 1. The molecule has 0 spiro atoms. The molecule has 0 aliphatic carbocycles. The number of anilines is 2. The summed E-state index contributed by atoms with van der Waals surface area (Å²) >= 11 is 12.2. The van der Waals surface area contributed by atoms with Gasteiger partial charge < -0.3 is 10.2 Å². The molecule has 1 amide bonds. The summed E-state index contributed by atoms with van der Waals surface area (Å²) in [6, 6.07) is 5.54. The summed E-state index contributed by atoms with van der Waals surface area (Å²) in [6.07, 6.45) is 7.82. The van der Waals surface area contributed by atoms with Gasteiger partial charge in [-0.3, -0.25) is 4.79 Å². The van der Waals surface area contributed by atoms with Crippen molar-refractivity contribution in [2.45, 2.75) is 38.6 Å². The number of carbonyl (C=O) groups excluding carboxylic acids is 1. The molecule has 1 aliphatic heterocycles. The molecule has 1 unspecified atom stereocenters. The van der Waals surface area contributed by atoms with Crippen LogP contribution in [-0.4, -0.2) is 28.5 Å². The van der Waals surface area contributed by atoms with E-state index in [9.17, 15) is 4.79 Å². The standard InChI is InChI=1S/C18H20Cl2N4O/c1-2-12-6-3-4-9-24(12)16-11-21-15(10-22-16)18(25)23-17-13(19)7-5-8-14(17)20/h5,7-8,10-12H,2-4,6,9H2,1H3,(H,23,25). The quantitative estimate of drug-likeness (QED) is 0.829. The fourth-order valence-electron chi connectivity index (χ4n) is 3.11. The van der Waals surface area contributed by atoms with Crippen molar-refractivity contribution in [3.63, 3.8) is 0 Å². The van der Waals surface area contributed by atoms with Gasteiger partial charge in [-0.05, 0) is 37.8 Å². The van der Waals surface area contributed by atoms with E-state index in [0.717, 1.165) is 25.2 Å². The van der Waals surface area contributed by atoms with E-state index in [1.807, 2.05) is 0 Å². The monoisotopic (exact) mass is 378 g/mol. The van der Waals surface area contributed by atoms with E-state index in [-0.39, 0.29) is 11.6 Å². The van der Waals surface area contributed by atoms with Crippen LogP contribution in [0.1, 0.15) is 43.1 Å². The highest BCUT2D eigenvalue weighted by atomic mass is 35.5. The third kappa shape index (κ3) is 4.05. The Kier molecular flexibility index (Phi) is 5.76. The maximum Gasteiger partial charge on any atom is 0.275 e. The van der Waals surface area contributed by atoms with Gasteiger partial charge in [-0.1, -0.05) is 36.2 Å². The lowest BCUT2D eigenvalue weighted by Crippen LogP contribution is -2.39. The second-order valence-electron chi connectivity index (χ2n) is 6.06. The van der Waals surface area contributed by atoms with Crippen molar-refractivity contribution < 1.29 is 4.79 Å². The molecule has 1 aliphatic rings. The minimum absolute atomic E-state index is 0.227. The lowest BCUT2D eigenvalue weighted by atomic mass is 10.0. The van der Waals surface area contributed by atoms with Gasteiger partial charge in [-0.2, -0.15) is 0 Å². The second-order valence-corrected chi connectivity index (χ2v) is 6.88. The zero-order valence-corrected chi connectivity index (χ0v) is 15.5. The van der Waals surface area contributed by atoms with E-state index in [1.165, 1.54) is 19.0 Å². The third-order valence-electron chi connectivity index (χ3n) is 4.46. The van der Waals surface area contributed by atoms with Gasteiger partial charge in [0.25, 0.3) is 5.91 Å². The van der Waals surface area contributed by atoms with E-state index in [4.69, 9.17) is 23.2 Å². The molecule has 3 rings (SSSR count). The van der Waals surface area contributed by atoms with Crippen LogP contribution in [0.3, 0.4) is 0 Å². The van der Waals surface area contributed by atoms with Gasteiger partial charge >= 0.3 is 0 Å². The van der Waals surface area contributed by atoms with Crippen LogP contribution in [0.25, 0.3) is 0 Å². The third-order valence-corrected chi connectivity index (χ3v) is 5.09. The molecule has 2 aromatic rings. The Labute approximate surface area is 157 Å². The van der Waals surface area contributed by atoms with Gasteiger partial charge in [0.05, 0.1) is 28.1 Å². The summed E-state index contributed by atoms with van der Waals surface area (Å²) in [4.78, 5) is 23.4. The normalized spacial score (nSPS) is 17.4. The van der Waals surface area contributed by atoms with Crippen LogP contribution in [0.4, 0.5) is 11.5 Å². The van der Waals surface area contributed by atoms with Crippen LogP contribution in [-0.2, 0) is 0 Å². The zero-order chi connectivity index (χ0) is 17.8. The molecule has 7 heteroatoms. The molecular formula is C18H20Cl2N4O. The highest BCUT2D eigenvalue weighted by Gasteiger charge is 2.22. The van der Waals surface area contributed by atoms with Crippen LogP contribution in [0, 0.1) is 0 Å². The molecule has 0 saturated carbocycles. The largest absolute Gasteiger partial charge is 0.352 e. The van der Waals surface area contributed by atoms with E-state index in [2.05, 4.69) is 27.1 Å². The SMILES string of the molecule is CCC1CCCCN1c1cnc(C(=O)Nc2c(Cl)cccc2Cl)cn1. The molecule has 1 aromatic heterocycles. The highest BCUT2D eigenvalue weighted by Crippen LogP contribution is 2.30. The number of halogens is 2. The summed E-state index contributed by atoms with van der Waals surface area (Å²) in [5.74, 6) is 0.429. The van der Waals surface area contributed by atoms with Crippen molar-refractivity contribution in [2.75, 3.05) is 16.8 Å². The van der Waals surface area contributed by atoms with Crippen molar-refractivity contribution in [3.05, 3.63) is 46.3 Å². The summed E-state index contributed by atoms with van der Waals surface area (Å²) in [6.45, 7) is 3.17. The molecule has 1 fully saturated rings. The van der Waals surface area contributed by atoms with Crippen molar-refractivity contribution in [1.29, 1.82) is 0 Å². The highest BCUT2D eigenvalue weighted by molar-refractivity contribution is 6.39. The minimum atomic E-state index is -0.389. The molecule has 1 aromatic carbocycles. The van der Waals surface area contributed by atoms with E-state index in [0.29, 0.717) is 21.8 Å². The summed E-state index contributed by atoms with van der Waals surface area (Å²) < 4.78 is 0. The first kappa shape index (κ1) is 18.0. The smallest absolute Gasteiger partial charge is 0.275 e. The molecule has 132 valence electrons. The van der Waals surface area contributed by atoms with Gasteiger partial charge in [0.15, 0.2) is 0 Å². The molecule has 5 nitrogen and oxygen atoms in total. The molecule has 1 atom stereocenters. The van der Waals surface area contributed by atoms with Crippen LogP contribution in [0.2, 0.25) is 10.0 Å². The Bertz CT molecular complexity index is 731. The molecule has 25 heavy (non-hydrogen) atoms. The Morgan fingerprint density at radius 3 is 2.64 bits per heavy atom. The maximum absolute atomic E-state index is 12.4. The molecule has 0 radical (unpaired) electrons. The number of nitrogens with zero attached hydrogens (tertiary/aromatic N) is 3. The Hall–Kier alpha value is -1.85. The minimum Gasteiger partial charge on any atom is -0.352 e. The number of para-hydroxylation sites is 1. The lowest BCUT2D eigenvalue weighted by Gasteiger charge is -2.35. The molecule has 0 bridgehead atoms. The second kappa shape index (κ2) is 8.02. The van der Waals surface area contributed by atoms with Gasteiger partial charge in [-0.15, -0.1) is 0 Å². The Morgan fingerprint density at radius 1 is 1.24 bits per heavy atom. The van der Waals surface area contributed by atoms with Gasteiger partial charge in [0.1, 0.15) is 11.5 Å². The fraction of sp³-hybridized carbons (Fsp3) is 0.389. The predicted octanol–water partition coefficient (Wildman–Crippen LogP) is 4.80. The van der Waals surface area contributed by atoms with Crippen LogP contribution in [0.5, 0.6) is 0 Å². The van der Waals surface area contributed by atoms with Crippen LogP contribution < -0.4 is 10.2 Å². The fourth-order valence-corrected chi connectivity index (χ4v) is 3.60. The van der Waals surface area contributed by atoms with Crippen LogP contribution >= 0.6 is 23.2 Å². The number of amides is 1. The van der Waals surface area contributed by atoms with Crippen LogP contribution in [0.15, 0.2) is 30.6 Å². The van der Waals surface area contributed by atoms with E-state index >= 15 is 0 Å². The average molecular weight is 379 g/mol. The van der Waals surface area contributed by atoms with Crippen molar-refractivity contribution in [3.8, 4) is 0 Å². The van der Waals surface area contributed by atoms with Crippen molar-refractivity contribution >= 4 is 40.6 Å². The number of piperidine rings is 1. The van der Waals surface area contributed by atoms with E-state index < -0.39 is 0 Å². The molecule has 2 heterocycles. The number of rotatable bonds is 4. The van der Waals surface area contributed by atoms with Gasteiger partial charge in [-0.25, -0.2) is 9.97 Å².